The summed E-state index contributed by atoms with van der Waals surface area (Å²) in [7, 11) is -3.89. The van der Waals surface area contributed by atoms with E-state index < -0.39 is 28.0 Å². The number of nitrogens with zero attached hydrogens (tertiary/aromatic N) is 2. The lowest BCUT2D eigenvalue weighted by Crippen LogP contribution is -2.32. The van der Waals surface area contributed by atoms with Gasteiger partial charge in [0.05, 0.1) is 10.5 Å². The fourth-order valence-electron chi connectivity index (χ4n) is 3.05. The minimum Gasteiger partial charge on any atom is -0.449 e. The topological polar surface area (TPSA) is 154 Å². The highest BCUT2D eigenvalue weighted by molar-refractivity contribution is 7.92. The second-order valence-corrected chi connectivity index (χ2v) is 8.96. The molecular formula is C22H20N4O7S. The van der Waals surface area contributed by atoms with Crippen molar-refractivity contribution in [3.05, 3.63) is 66.2 Å². The zero-order valence-electron chi connectivity index (χ0n) is 18.1. The Labute approximate surface area is 194 Å². The van der Waals surface area contributed by atoms with Crippen LogP contribution >= 0.6 is 0 Å². The van der Waals surface area contributed by atoms with Crippen molar-refractivity contribution in [2.75, 3.05) is 10.0 Å². The van der Waals surface area contributed by atoms with Gasteiger partial charge < -0.3 is 19.0 Å². The molecule has 1 amide bonds. The van der Waals surface area contributed by atoms with Crippen LogP contribution < -0.4 is 10.0 Å². The monoisotopic (exact) mass is 484 g/mol. The van der Waals surface area contributed by atoms with Crippen LogP contribution in [-0.4, -0.2) is 36.5 Å². The number of hydrogen-bond acceptors (Lipinski definition) is 9. The van der Waals surface area contributed by atoms with Crippen LogP contribution in [0.3, 0.4) is 0 Å². The molecule has 2 N–H and O–H groups in total. The highest BCUT2D eigenvalue weighted by atomic mass is 32.2. The van der Waals surface area contributed by atoms with Crippen LogP contribution in [0, 0.1) is 6.92 Å². The van der Waals surface area contributed by atoms with Crippen LogP contribution in [0.5, 0.6) is 0 Å². The van der Waals surface area contributed by atoms with Crippen LogP contribution in [0.4, 0.5) is 11.5 Å². The maximum Gasteiger partial charge on any atom is 0.339 e. The second kappa shape index (κ2) is 9.35. The van der Waals surface area contributed by atoms with Gasteiger partial charge in [0.15, 0.2) is 23.9 Å². The van der Waals surface area contributed by atoms with Gasteiger partial charge in [-0.1, -0.05) is 12.1 Å². The molecule has 2 aromatic heterocycles. The molecule has 4 aromatic rings. The number of anilines is 2. The van der Waals surface area contributed by atoms with Gasteiger partial charge in [-0.05, 0) is 55.8 Å². The number of sulfonamides is 1. The molecule has 12 heteroatoms. The molecule has 0 saturated carbocycles. The van der Waals surface area contributed by atoms with Crippen LogP contribution in [0.2, 0.25) is 0 Å². The van der Waals surface area contributed by atoms with E-state index in [1.807, 2.05) is 0 Å². The van der Waals surface area contributed by atoms with E-state index in [0.29, 0.717) is 22.5 Å². The van der Waals surface area contributed by atoms with Crippen molar-refractivity contribution in [3.8, 4) is 0 Å². The van der Waals surface area contributed by atoms with Crippen LogP contribution in [0.15, 0.2) is 68.8 Å². The Balaban J connectivity index is 1.39. The Morgan fingerprint density at radius 2 is 1.88 bits per heavy atom. The third-order valence-electron chi connectivity index (χ3n) is 4.78. The fourth-order valence-corrected chi connectivity index (χ4v) is 4.04. The molecule has 34 heavy (non-hydrogen) atoms. The summed E-state index contributed by atoms with van der Waals surface area (Å²) in [6.45, 7) is 3.34. The van der Waals surface area contributed by atoms with Gasteiger partial charge in [-0.3, -0.25) is 9.52 Å². The van der Waals surface area contributed by atoms with Gasteiger partial charge in [-0.25, -0.2) is 18.2 Å². The van der Waals surface area contributed by atoms with Crippen LogP contribution in [0.1, 0.15) is 29.5 Å². The predicted octanol–water partition coefficient (Wildman–Crippen LogP) is 3.50. The molecule has 2 heterocycles. The number of aromatic nitrogens is 2. The lowest BCUT2D eigenvalue weighted by atomic mass is 10.2. The molecule has 1 atom stereocenters. The normalized spacial score (nSPS) is 12.3. The Kier molecular flexibility index (Phi) is 6.32. The minimum atomic E-state index is -3.89. The summed E-state index contributed by atoms with van der Waals surface area (Å²) in [5, 5.41) is 6.22. The maximum absolute atomic E-state index is 12.6. The van der Waals surface area contributed by atoms with Crippen molar-refractivity contribution in [2.24, 2.45) is 0 Å². The number of fused-ring (bicyclic) bond motifs is 1. The molecule has 0 bridgehead atoms. The molecule has 0 aliphatic carbocycles. The first-order chi connectivity index (χ1) is 16.2. The van der Waals surface area contributed by atoms with E-state index in [1.54, 1.807) is 19.9 Å². The van der Waals surface area contributed by atoms with Crippen molar-refractivity contribution in [3.63, 3.8) is 0 Å². The van der Waals surface area contributed by atoms with Gasteiger partial charge in [0.25, 0.3) is 15.9 Å². The average Bonchev–Trinajstić information content (AvgIpc) is 3.45. The largest absolute Gasteiger partial charge is 0.449 e. The number of amides is 1. The summed E-state index contributed by atoms with van der Waals surface area (Å²) in [6, 6.07) is 11.6. The lowest BCUT2D eigenvalue weighted by molar-refractivity contribution is -0.124. The average molecular weight is 484 g/mol. The van der Waals surface area contributed by atoms with Crippen molar-refractivity contribution in [1.82, 2.24) is 10.1 Å². The van der Waals surface area contributed by atoms with Crippen LogP contribution in [-0.2, 0) is 19.6 Å². The number of carbonyl (C=O) groups excluding carboxylic acids is 2. The zero-order chi connectivity index (χ0) is 24.3. The van der Waals surface area contributed by atoms with Gasteiger partial charge in [0.2, 0.25) is 0 Å². The molecule has 0 saturated heterocycles. The standard InChI is InChI=1S/C22H20N4O7S/c1-3-18(32-22(28)14-4-9-17-19(11-14)31-12-23-17)21(27)24-15-5-7-16(8-6-15)34(29,30)26-20-10-13(2)33-25-20/h4-12,18H,3H2,1-2H3,(H,24,27)(H,25,26). The molecule has 176 valence electrons. The molecule has 11 nitrogen and oxygen atoms in total. The maximum atomic E-state index is 12.6. The molecule has 0 spiro atoms. The Bertz CT molecular complexity index is 1440. The summed E-state index contributed by atoms with van der Waals surface area (Å²) in [5.74, 6) is -0.718. The molecular weight excluding hydrogens is 464 g/mol. The van der Waals surface area contributed by atoms with E-state index in [4.69, 9.17) is 13.7 Å². The van der Waals surface area contributed by atoms with E-state index in [-0.39, 0.29) is 22.7 Å². The molecule has 2 aromatic carbocycles. The quantitative estimate of drug-likeness (QED) is 0.358. The van der Waals surface area contributed by atoms with Crippen LogP contribution in [0.25, 0.3) is 11.1 Å². The summed E-state index contributed by atoms with van der Waals surface area (Å²) in [4.78, 5) is 29.1. The molecule has 0 aliphatic rings. The van der Waals surface area contributed by atoms with Gasteiger partial charge >= 0.3 is 5.97 Å². The molecule has 1 unspecified atom stereocenters. The molecule has 0 radical (unpaired) electrons. The van der Waals surface area contributed by atoms with Crippen molar-refractivity contribution in [1.29, 1.82) is 0 Å². The minimum absolute atomic E-state index is 0.0348. The smallest absolute Gasteiger partial charge is 0.339 e. The number of benzene rings is 2. The molecule has 4 rings (SSSR count). The highest BCUT2D eigenvalue weighted by Crippen LogP contribution is 2.20. The van der Waals surface area contributed by atoms with Gasteiger partial charge in [-0.2, -0.15) is 0 Å². The number of aryl methyl sites for hydroxylation is 1. The number of hydrogen-bond donors (Lipinski definition) is 2. The van der Waals surface area contributed by atoms with E-state index in [0.717, 1.165) is 0 Å². The lowest BCUT2D eigenvalue weighted by Gasteiger charge is -2.16. The number of carbonyl (C=O) groups is 2. The first-order valence-electron chi connectivity index (χ1n) is 10.2. The molecule has 0 fully saturated rings. The zero-order valence-corrected chi connectivity index (χ0v) is 19.0. The third kappa shape index (κ3) is 5.07. The summed E-state index contributed by atoms with van der Waals surface area (Å²) in [5.41, 5.74) is 1.58. The SMILES string of the molecule is CCC(OC(=O)c1ccc2ncoc2c1)C(=O)Nc1ccc(S(=O)(=O)Nc2cc(C)on2)cc1. The van der Waals surface area contributed by atoms with Gasteiger partial charge in [0.1, 0.15) is 11.3 Å². The van der Waals surface area contributed by atoms with E-state index in [2.05, 4.69) is 20.2 Å². The Hall–Kier alpha value is -4.19. The van der Waals surface area contributed by atoms with Gasteiger partial charge in [0, 0.05) is 11.8 Å². The summed E-state index contributed by atoms with van der Waals surface area (Å²) < 4.78 is 42.6. The Morgan fingerprint density at radius 1 is 1.12 bits per heavy atom. The number of oxazole rings is 1. The second-order valence-electron chi connectivity index (χ2n) is 7.28. The first kappa shape index (κ1) is 23.0. The van der Waals surface area contributed by atoms with Gasteiger partial charge in [-0.15, -0.1) is 0 Å². The van der Waals surface area contributed by atoms with Crippen molar-refractivity contribution < 1.29 is 31.7 Å². The molecule has 0 aliphatic heterocycles. The van der Waals surface area contributed by atoms with E-state index >= 15 is 0 Å². The number of rotatable bonds is 8. The van der Waals surface area contributed by atoms with Crippen molar-refractivity contribution >= 4 is 44.5 Å². The third-order valence-corrected chi connectivity index (χ3v) is 6.15. The van der Waals surface area contributed by atoms with Crippen molar-refractivity contribution in [2.45, 2.75) is 31.3 Å². The fraction of sp³-hybridized carbons (Fsp3) is 0.182. The summed E-state index contributed by atoms with van der Waals surface area (Å²) >= 11 is 0. The highest BCUT2D eigenvalue weighted by Gasteiger charge is 2.23. The predicted molar refractivity (Wildman–Crippen MR) is 121 cm³/mol. The summed E-state index contributed by atoms with van der Waals surface area (Å²) in [6.07, 6.45) is 0.443. The van der Waals surface area contributed by atoms with E-state index in [1.165, 1.54) is 48.9 Å². The first-order valence-corrected chi connectivity index (χ1v) is 11.6. The number of esters is 1. The number of ether oxygens (including phenoxy) is 1. The Morgan fingerprint density at radius 3 is 2.56 bits per heavy atom. The number of nitrogens with one attached hydrogen (secondary N) is 2. The van der Waals surface area contributed by atoms with E-state index in [9.17, 15) is 18.0 Å².